The summed E-state index contributed by atoms with van der Waals surface area (Å²) >= 11 is 6.37. The van der Waals surface area contributed by atoms with Gasteiger partial charge in [-0.05, 0) is 59.9 Å². The van der Waals surface area contributed by atoms with E-state index < -0.39 is 11.9 Å². The Morgan fingerprint density at radius 3 is 2.37 bits per heavy atom. The molecule has 6 nitrogen and oxygen atoms in total. The molecule has 0 bridgehead atoms. The number of carbonyl (C=O) groups excluding carboxylic acids is 1. The van der Waals surface area contributed by atoms with Gasteiger partial charge in [-0.3, -0.25) is 9.59 Å². The summed E-state index contributed by atoms with van der Waals surface area (Å²) < 4.78 is 11.5. The molecule has 0 radical (unpaired) electrons. The zero-order valence-electron chi connectivity index (χ0n) is 20.5. The van der Waals surface area contributed by atoms with Crippen LogP contribution in [-0.2, 0) is 11.2 Å². The first kappa shape index (κ1) is 25.4. The number of ether oxygens (including phenoxy) is 2. The number of halogens is 1. The number of aliphatic carboxylic acids is 1. The van der Waals surface area contributed by atoms with Gasteiger partial charge in [-0.25, -0.2) is 0 Å². The number of benzene rings is 4. The SMILES string of the molecule is O=C(NCCc1ccc(-c2ccccc2)cc1)c1ccc(Oc2cc3c(cc2Cl)C(C(=O)O)CCO3)cc1. The summed E-state index contributed by atoms with van der Waals surface area (Å²) in [6.07, 6.45) is 1.12. The summed E-state index contributed by atoms with van der Waals surface area (Å²) in [5.41, 5.74) is 4.54. The third-order valence-electron chi connectivity index (χ3n) is 6.51. The van der Waals surface area contributed by atoms with Crippen LogP contribution in [-0.4, -0.2) is 30.1 Å². The van der Waals surface area contributed by atoms with Crippen molar-refractivity contribution in [3.63, 3.8) is 0 Å². The maximum atomic E-state index is 12.6. The molecule has 2 N–H and O–H groups in total. The molecule has 1 aliphatic heterocycles. The highest BCUT2D eigenvalue weighted by Crippen LogP contribution is 2.41. The summed E-state index contributed by atoms with van der Waals surface area (Å²) in [6.45, 7) is 0.831. The van der Waals surface area contributed by atoms with Crippen molar-refractivity contribution in [1.29, 1.82) is 0 Å². The number of carboxylic acid groups (broad SMARTS) is 1. The summed E-state index contributed by atoms with van der Waals surface area (Å²) in [4.78, 5) is 24.1. The van der Waals surface area contributed by atoms with Gasteiger partial charge in [0.1, 0.15) is 17.2 Å². The Morgan fingerprint density at radius 2 is 1.66 bits per heavy atom. The largest absolute Gasteiger partial charge is 0.493 e. The first-order valence-electron chi connectivity index (χ1n) is 12.4. The molecule has 5 rings (SSSR count). The first-order chi connectivity index (χ1) is 18.5. The van der Waals surface area contributed by atoms with Gasteiger partial charge in [0.05, 0.1) is 17.5 Å². The Bertz CT molecular complexity index is 1440. The van der Waals surface area contributed by atoms with Crippen molar-refractivity contribution in [1.82, 2.24) is 5.32 Å². The molecule has 0 fully saturated rings. The summed E-state index contributed by atoms with van der Waals surface area (Å²) in [5.74, 6) is -0.434. The maximum absolute atomic E-state index is 12.6. The van der Waals surface area contributed by atoms with Crippen LogP contribution in [0.25, 0.3) is 11.1 Å². The molecule has 0 saturated heterocycles. The molecule has 1 amide bonds. The second kappa shape index (κ2) is 11.4. The number of hydrogen-bond acceptors (Lipinski definition) is 4. The van der Waals surface area contributed by atoms with Crippen molar-refractivity contribution >= 4 is 23.5 Å². The highest BCUT2D eigenvalue weighted by atomic mass is 35.5. The highest BCUT2D eigenvalue weighted by Gasteiger charge is 2.29. The standard InChI is InChI=1S/C31H26ClNO5/c32-27-18-26-25(31(35)36)15-17-37-28(26)19-29(27)38-24-12-10-23(11-13-24)30(34)33-16-14-20-6-8-22(9-7-20)21-4-2-1-3-5-21/h1-13,18-19,25H,14-17H2,(H,33,34)(H,35,36). The number of fused-ring (bicyclic) bond motifs is 1. The fraction of sp³-hybridized carbons (Fsp3) is 0.161. The van der Waals surface area contributed by atoms with E-state index in [2.05, 4.69) is 41.7 Å². The number of nitrogens with one attached hydrogen (secondary N) is 1. The van der Waals surface area contributed by atoms with Crippen LogP contribution in [0.1, 0.15) is 33.8 Å². The number of hydrogen-bond donors (Lipinski definition) is 2. The second-order valence-electron chi connectivity index (χ2n) is 9.04. The Balaban J connectivity index is 1.16. The lowest BCUT2D eigenvalue weighted by Crippen LogP contribution is -2.25. The van der Waals surface area contributed by atoms with Gasteiger partial charge in [0.25, 0.3) is 5.91 Å². The molecule has 1 unspecified atom stereocenters. The Morgan fingerprint density at radius 1 is 0.947 bits per heavy atom. The first-order valence-corrected chi connectivity index (χ1v) is 12.8. The van der Waals surface area contributed by atoms with Crippen LogP contribution in [0.4, 0.5) is 0 Å². The van der Waals surface area contributed by atoms with Crippen LogP contribution >= 0.6 is 11.6 Å². The Kier molecular flexibility index (Phi) is 7.61. The van der Waals surface area contributed by atoms with Gasteiger partial charge in [-0.2, -0.15) is 0 Å². The minimum Gasteiger partial charge on any atom is -0.493 e. The third-order valence-corrected chi connectivity index (χ3v) is 6.80. The second-order valence-corrected chi connectivity index (χ2v) is 9.45. The molecule has 7 heteroatoms. The van der Waals surface area contributed by atoms with Crippen molar-refractivity contribution in [2.75, 3.05) is 13.2 Å². The molecule has 4 aromatic carbocycles. The van der Waals surface area contributed by atoms with E-state index in [4.69, 9.17) is 21.1 Å². The number of amides is 1. The summed E-state index contributed by atoms with van der Waals surface area (Å²) in [6, 6.07) is 28.5. The van der Waals surface area contributed by atoms with E-state index in [1.807, 2.05) is 18.2 Å². The molecular weight excluding hydrogens is 502 g/mol. The van der Waals surface area contributed by atoms with Crippen molar-refractivity contribution < 1.29 is 24.2 Å². The van der Waals surface area contributed by atoms with Crippen LogP contribution < -0.4 is 14.8 Å². The van der Waals surface area contributed by atoms with E-state index in [9.17, 15) is 14.7 Å². The zero-order chi connectivity index (χ0) is 26.5. The molecular formula is C31H26ClNO5. The Labute approximate surface area is 225 Å². The topological polar surface area (TPSA) is 84.9 Å². The minimum atomic E-state index is -0.908. The summed E-state index contributed by atoms with van der Waals surface area (Å²) in [5, 5.41) is 12.7. The average Bonchev–Trinajstić information content (AvgIpc) is 2.94. The van der Waals surface area contributed by atoms with E-state index in [0.29, 0.717) is 53.0 Å². The minimum absolute atomic E-state index is 0.169. The molecule has 1 aliphatic rings. The van der Waals surface area contributed by atoms with Gasteiger partial charge < -0.3 is 19.9 Å². The molecule has 0 aromatic heterocycles. The fourth-order valence-corrected chi connectivity index (χ4v) is 4.65. The van der Waals surface area contributed by atoms with E-state index in [-0.39, 0.29) is 5.91 Å². The van der Waals surface area contributed by atoms with Crippen LogP contribution in [0, 0.1) is 0 Å². The van der Waals surface area contributed by atoms with Crippen LogP contribution in [0.3, 0.4) is 0 Å². The molecule has 38 heavy (non-hydrogen) atoms. The van der Waals surface area contributed by atoms with E-state index in [0.717, 1.165) is 17.5 Å². The normalized spacial score (nSPS) is 14.2. The van der Waals surface area contributed by atoms with Crippen molar-refractivity contribution in [3.05, 3.63) is 113 Å². The van der Waals surface area contributed by atoms with Crippen molar-refractivity contribution in [2.24, 2.45) is 0 Å². The molecule has 4 aromatic rings. The fourth-order valence-electron chi connectivity index (χ4n) is 4.44. The van der Waals surface area contributed by atoms with Crippen LogP contribution in [0.15, 0.2) is 91.0 Å². The van der Waals surface area contributed by atoms with E-state index >= 15 is 0 Å². The third kappa shape index (κ3) is 5.82. The van der Waals surface area contributed by atoms with Crippen molar-refractivity contribution in [3.8, 4) is 28.4 Å². The van der Waals surface area contributed by atoms with Crippen LogP contribution in [0.5, 0.6) is 17.2 Å². The number of carboxylic acids is 1. The van der Waals surface area contributed by atoms with Gasteiger partial charge >= 0.3 is 5.97 Å². The van der Waals surface area contributed by atoms with Crippen LogP contribution in [0.2, 0.25) is 5.02 Å². The molecule has 0 saturated carbocycles. The van der Waals surface area contributed by atoms with Gasteiger partial charge in [0.15, 0.2) is 0 Å². The van der Waals surface area contributed by atoms with Gasteiger partial charge in [-0.15, -0.1) is 0 Å². The summed E-state index contributed by atoms with van der Waals surface area (Å²) in [7, 11) is 0. The molecule has 1 atom stereocenters. The molecule has 192 valence electrons. The van der Waals surface area contributed by atoms with Crippen molar-refractivity contribution in [2.45, 2.75) is 18.8 Å². The van der Waals surface area contributed by atoms with E-state index in [1.165, 1.54) is 5.56 Å². The molecule has 0 aliphatic carbocycles. The van der Waals surface area contributed by atoms with Gasteiger partial charge in [0, 0.05) is 23.7 Å². The lowest BCUT2D eigenvalue weighted by atomic mass is 9.93. The van der Waals surface area contributed by atoms with Gasteiger partial charge in [0.2, 0.25) is 0 Å². The highest BCUT2D eigenvalue weighted by molar-refractivity contribution is 6.32. The predicted molar refractivity (Wildman–Crippen MR) is 146 cm³/mol. The Hall–Kier alpha value is -4.29. The average molecular weight is 528 g/mol. The molecule has 0 spiro atoms. The quantitative estimate of drug-likeness (QED) is 0.265. The number of rotatable bonds is 8. The maximum Gasteiger partial charge on any atom is 0.311 e. The zero-order valence-corrected chi connectivity index (χ0v) is 21.3. The lowest BCUT2D eigenvalue weighted by Gasteiger charge is -2.24. The molecule has 1 heterocycles. The predicted octanol–water partition coefficient (Wildman–Crippen LogP) is 6.72. The van der Waals surface area contributed by atoms with Gasteiger partial charge in [-0.1, -0.05) is 66.2 Å². The smallest absolute Gasteiger partial charge is 0.311 e. The lowest BCUT2D eigenvalue weighted by molar-refractivity contribution is -0.139. The van der Waals surface area contributed by atoms with E-state index in [1.54, 1.807) is 36.4 Å². The number of carbonyl (C=O) groups is 2. The monoisotopic (exact) mass is 527 g/mol.